The fraction of sp³-hybridized carbons (Fsp3) is 0.333. The number of nitrogens with one attached hydrogen (secondary N) is 1. The lowest BCUT2D eigenvalue weighted by molar-refractivity contribution is 0.279. The van der Waals surface area contributed by atoms with Gasteiger partial charge in [0.05, 0.1) is 12.1 Å². The second kappa shape index (κ2) is 7.20. The van der Waals surface area contributed by atoms with E-state index in [1.54, 1.807) is 19.2 Å². The van der Waals surface area contributed by atoms with Gasteiger partial charge in [-0.05, 0) is 42.7 Å². The van der Waals surface area contributed by atoms with Gasteiger partial charge >= 0.3 is 0 Å². The van der Waals surface area contributed by atoms with E-state index in [2.05, 4.69) is 5.32 Å². The van der Waals surface area contributed by atoms with Crippen LogP contribution in [-0.4, -0.2) is 13.2 Å². The number of rotatable bonds is 7. The number of benzene rings is 2. The maximum absolute atomic E-state index is 13.8. The highest BCUT2D eigenvalue weighted by Gasteiger charge is 2.20. The first kappa shape index (κ1) is 16.1. The lowest BCUT2D eigenvalue weighted by Gasteiger charge is -2.13. The van der Waals surface area contributed by atoms with E-state index in [0.29, 0.717) is 28.1 Å². The van der Waals surface area contributed by atoms with E-state index < -0.39 is 0 Å². The van der Waals surface area contributed by atoms with Crippen LogP contribution in [0.1, 0.15) is 24.0 Å². The molecule has 1 fully saturated rings. The summed E-state index contributed by atoms with van der Waals surface area (Å²) < 4.78 is 24.9. The molecule has 5 heteroatoms. The quantitative estimate of drug-likeness (QED) is 0.817. The van der Waals surface area contributed by atoms with Gasteiger partial charge in [-0.2, -0.15) is 0 Å². The summed E-state index contributed by atoms with van der Waals surface area (Å²) in [5.41, 5.74) is 1.47. The number of hydrogen-bond donors (Lipinski definition) is 1. The van der Waals surface area contributed by atoms with Crippen molar-refractivity contribution in [2.75, 3.05) is 7.11 Å². The third-order valence-corrected chi connectivity index (χ3v) is 4.19. The fourth-order valence-corrected chi connectivity index (χ4v) is 2.53. The van der Waals surface area contributed by atoms with Crippen LogP contribution in [0.15, 0.2) is 36.4 Å². The van der Waals surface area contributed by atoms with E-state index in [1.807, 2.05) is 18.2 Å². The van der Waals surface area contributed by atoms with Crippen LogP contribution in [-0.2, 0) is 13.2 Å². The molecule has 0 bridgehead atoms. The molecule has 1 aliphatic carbocycles. The van der Waals surface area contributed by atoms with Crippen LogP contribution < -0.4 is 14.8 Å². The van der Waals surface area contributed by atoms with Crippen LogP contribution in [0.5, 0.6) is 11.5 Å². The van der Waals surface area contributed by atoms with Gasteiger partial charge in [0.15, 0.2) is 11.5 Å². The second-order valence-corrected chi connectivity index (χ2v) is 6.04. The first-order chi connectivity index (χ1) is 11.2. The summed E-state index contributed by atoms with van der Waals surface area (Å²) in [6, 6.07) is 11.0. The van der Waals surface area contributed by atoms with Crippen molar-refractivity contribution in [1.29, 1.82) is 0 Å². The van der Waals surface area contributed by atoms with Gasteiger partial charge in [0, 0.05) is 18.2 Å². The minimum atomic E-state index is -0.373. The molecule has 0 heterocycles. The molecule has 0 spiro atoms. The maximum atomic E-state index is 13.8. The summed E-state index contributed by atoms with van der Waals surface area (Å²) in [6.07, 6.45) is 2.50. The molecule has 1 saturated carbocycles. The molecule has 3 nitrogen and oxygen atoms in total. The summed E-state index contributed by atoms with van der Waals surface area (Å²) >= 11 is 6.01. The zero-order valence-corrected chi connectivity index (χ0v) is 13.7. The zero-order chi connectivity index (χ0) is 16.2. The SMILES string of the molecule is COc1cc(CNC2CC2)ccc1OCc1c(F)cccc1Cl. The van der Waals surface area contributed by atoms with Crippen LogP contribution in [0, 0.1) is 5.82 Å². The van der Waals surface area contributed by atoms with Gasteiger partial charge in [0.1, 0.15) is 12.4 Å². The maximum Gasteiger partial charge on any atom is 0.161 e. The predicted octanol–water partition coefficient (Wildman–Crippen LogP) is 4.32. The molecular formula is C18H19ClFNO2. The van der Waals surface area contributed by atoms with Crippen molar-refractivity contribution in [1.82, 2.24) is 5.32 Å². The zero-order valence-electron chi connectivity index (χ0n) is 12.9. The van der Waals surface area contributed by atoms with E-state index >= 15 is 0 Å². The molecule has 0 aromatic heterocycles. The van der Waals surface area contributed by atoms with Crippen molar-refractivity contribution in [3.8, 4) is 11.5 Å². The Hall–Kier alpha value is -1.78. The van der Waals surface area contributed by atoms with Gasteiger partial charge in [-0.1, -0.05) is 23.7 Å². The summed E-state index contributed by atoms with van der Waals surface area (Å²) in [5.74, 6) is 0.830. The topological polar surface area (TPSA) is 30.5 Å². The Morgan fingerprint density at radius 3 is 2.74 bits per heavy atom. The molecule has 122 valence electrons. The normalized spacial score (nSPS) is 13.9. The monoisotopic (exact) mass is 335 g/mol. The lowest BCUT2D eigenvalue weighted by atomic mass is 10.2. The lowest BCUT2D eigenvalue weighted by Crippen LogP contribution is -2.15. The number of hydrogen-bond acceptors (Lipinski definition) is 3. The Kier molecular flexibility index (Phi) is 5.03. The summed E-state index contributed by atoms with van der Waals surface area (Å²) in [7, 11) is 1.59. The van der Waals surface area contributed by atoms with Crippen LogP contribution >= 0.6 is 11.6 Å². The average molecular weight is 336 g/mol. The van der Waals surface area contributed by atoms with Crippen molar-refractivity contribution in [2.24, 2.45) is 0 Å². The van der Waals surface area contributed by atoms with Crippen molar-refractivity contribution >= 4 is 11.6 Å². The highest BCUT2D eigenvalue weighted by Crippen LogP contribution is 2.30. The van der Waals surface area contributed by atoms with Crippen molar-refractivity contribution in [3.63, 3.8) is 0 Å². The van der Waals surface area contributed by atoms with Crippen LogP contribution in [0.25, 0.3) is 0 Å². The standard InChI is InChI=1S/C18H19ClFNO2/c1-22-18-9-12(10-21-13-6-7-13)5-8-17(18)23-11-14-15(19)3-2-4-16(14)20/h2-5,8-9,13,21H,6-7,10-11H2,1H3. The fourth-order valence-electron chi connectivity index (χ4n) is 2.31. The molecule has 1 N–H and O–H groups in total. The molecular weight excluding hydrogens is 317 g/mol. The molecule has 3 rings (SSSR count). The molecule has 2 aromatic carbocycles. The molecule has 0 amide bonds. The summed E-state index contributed by atoms with van der Waals surface area (Å²) in [6.45, 7) is 0.863. The van der Waals surface area contributed by atoms with E-state index in [1.165, 1.54) is 18.9 Å². The molecule has 1 aliphatic rings. The van der Waals surface area contributed by atoms with Gasteiger partial charge in [-0.25, -0.2) is 4.39 Å². The van der Waals surface area contributed by atoms with E-state index in [-0.39, 0.29) is 12.4 Å². The van der Waals surface area contributed by atoms with Gasteiger partial charge in [-0.3, -0.25) is 0 Å². The minimum absolute atomic E-state index is 0.0571. The third-order valence-electron chi connectivity index (χ3n) is 3.83. The molecule has 0 aliphatic heterocycles. The Morgan fingerprint density at radius 1 is 1.22 bits per heavy atom. The molecule has 0 atom stereocenters. The van der Waals surface area contributed by atoms with Gasteiger partial charge in [-0.15, -0.1) is 0 Å². The molecule has 23 heavy (non-hydrogen) atoms. The predicted molar refractivity (Wildman–Crippen MR) is 88.6 cm³/mol. The van der Waals surface area contributed by atoms with E-state index in [0.717, 1.165) is 12.1 Å². The van der Waals surface area contributed by atoms with E-state index in [9.17, 15) is 4.39 Å². The van der Waals surface area contributed by atoms with Crippen molar-refractivity contribution < 1.29 is 13.9 Å². The average Bonchev–Trinajstić information content (AvgIpc) is 3.37. The Morgan fingerprint density at radius 2 is 2.04 bits per heavy atom. The Bertz CT molecular complexity index is 668. The van der Waals surface area contributed by atoms with Crippen molar-refractivity contribution in [3.05, 3.63) is 58.4 Å². The minimum Gasteiger partial charge on any atom is -0.493 e. The number of ether oxygens (including phenoxy) is 2. The second-order valence-electron chi connectivity index (χ2n) is 5.63. The highest BCUT2D eigenvalue weighted by molar-refractivity contribution is 6.31. The number of halogens is 2. The largest absolute Gasteiger partial charge is 0.493 e. The smallest absolute Gasteiger partial charge is 0.161 e. The third kappa shape index (κ3) is 4.15. The van der Waals surface area contributed by atoms with Gasteiger partial charge in [0.2, 0.25) is 0 Å². The highest BCUT2D eigenvalue weighted by atomic mass is 35.5. The van der Waals surface area contributed by atoms with Crippen LogP contribution in [0.4, 0.5) is 4.39 Å². The first-order valence-electron chi connectivity index (χ1n) is 7.63. The van der Waals surface area contributed by atoms with Crippen LogP contribution in [0.3, 0.4) is 0 Å². The Balaban J connectivity index is 1.69. The van der Waals surface area contributed by atoms with Gasteiger partial charge < -0.3 is 14.8 Å². The molecule has 0 saturated heterocycles. The summed E-state index contributed by atoms with van der Waals surface area (Å²) in [5, 5.41) is 3.81. The summed E-state index contributed by atoms with van der Waals surface area (Å²) in [4.78, 5) is 0. The molecule has 0 radical (unpaired) electrons. The van der Waals surface area contributed by atoms with Gasteiger partial charge in [0.25, 0.3) is 0 Å². The first-order valence-corrected chi connectivity index (χ1v) is 8.01. The van der Waals surface area contributed by atoms with Crippen molar-refractivity contribution in [2.45, 2.75) is 32.0 Å². The number of methoxy groups -OCH3 is 1. The van der Waals surface area contributed by atoms with Crippen LogP contribution in [0.2, 0.25) is 5.02 Å². The van der Waals surface area contributed by atoms with E-state index in [4.69, 9.17) is 21.1 Å². The molecule has 0 unspecified atom stereocenters. The molecule has 2 aromatic rings. The Labute approximate surface area is 140 Å².